The van der Waals surface area contributed by atoms with Crippen molar-refractivity contribution in [3.8, 4) is 0 Å². The summed E-state index contributed by atoms with van der Waals surface area (Å²) >= 11 is 1.54. The highest BCUT2D eigenvalue weighted by molar-refractivity contribution is 7.99. The number of aromatic amines is 1. The molecule has 0 amide bonds. The van der Waals surface area contributed by atoms with Crippen molar-refractivity contribution in [1.82, 2.24) is 14.8 Å². The fourth-order valence-corrected chi connectivity index (χ4v) is 1.28. The van der Waals surface area contributed by atoms with Gasteiger partial charge in [0, 0.05) is 7.05 Å². The Balaban J connectivity index is 2.92. The molecule has 0 saturated heterocycles. The van der Waals surface area contributed by atoms with Gasteiger partial charge in [-0.05, 0) is 5.75 Å². The van der Waals surface area contributed by atoms with Crippen LogP contribution < -0.4 is 5.69 Å². The van der Waals surface area contributed by atoms with Crippen LogP contribution in [-0.4, -0.2) is 20.5 Å². The highest BCUT2D eigenvalue weighted by Crippen LogP contribution is 2.09. The van der Waals surface area contributed by atoms with Gasteiger partial charge in [0.2, 0.25) is 0 Å². The minimum absolute atomic E-state index is 0.279. The number of nitrogens with one attached hydrogen (secondary N) is 1. The van der Waals surface area contributed by atoms with Gasteiger partial charge in [0.05, 0.1) is 0 Å². The largest absolute Gasteiger partial charge is 0.362 e. The number of H-pyrrole nitrogens is 1. The summed E-state index contributed by atoms with van der Waals surface area (Å²) < 4.78 is 1.62. The first-order chi connectivity index (χ1) is 4.74. The molecule has 0 saturated carbocycles. The van der Waals surface area contributed by atoms with E-state index < -0.39 is 0 Å². The summed E-state index contributed by atoms with van der Waals surface area (Å²) in [5.74, 6) is 0.929. The minimum Gasteiger partial charge on any atom is -0.264 e. The van der Waals surface area contributed by atoms with Gasteiger partial charge in [0.1, 0.15) is 0 Å². The van der Waals surface area contributed by atoms with Crippen LogP contribution in [0, 0.1) is 0 Å². The Morgan fingerprint density at radius 3 is 2.90 bits per heavy atom. The van der Waals surface area contributed by atoms with E-state index in [1.807, 2.05) is 6.92 Å². The zero-order valence-electron chi connectivity index (χ0n) is 5.92. The number of aromatic nitrogens is 3. The van der Waals surface area contributed by atoms with Gasteiger partial charge in [-0.25, -0.2) is 9.89 Å². The van der Waals surface area contributed by atoms with Gasteiger partial charge in [0.25, 0.3) is 0 Å². The van der Waals surface area contributed by atoms with Crippen LogP contribution in [-0.2, 0) is 7.05 Å². The Hall–Kier alpha value is -0.710. The van der Waals surface area contributed by atoms with E-state index in [1.165, 1.54) is 0 Å². The van der Waals surface area contributed by atoms with Crippen molar-refractivity contribution in [2.24, 2.45) is 7.05 Å². The SMILES string of the molecule is CCSc1nc(=O)[nH]n1C. The molecule has 0 fully saturated rings. The molecule has 0 aliphatic carbocycles. The maximum atomic E-state index is 10.6. The second kappa shape index (κ2) is 2.92. The first kappa shape index (κ1) is 7.40. The second-order valence-electron chi connectivity index (χ2n) is 1.80. The second-order valence-corrected chi connectivity index (χ2v) is 3.03. The lowest BCUT2D eigenvalue weighted by atomic mass is 11.0. The van der Waals surface area contributed by atoms with Crippen LogP contribution in [0.25, 0.3) is 0 Å². The van der Waals surface area contributed by atoms with Crippen LogP contribution in [0.5, 0.6) is 0 Å². The molecule has 0 atom stereocenters. The smallest absolute Gasteiger partial charge is 0.264 e. The quantitative estimate of drug-likeness (QED) is 0.628. The third-order valence-electron chi connectivity index (χ3n) is 1.02. The average molecular weight is 159 g/mol. The van der Waals surface area contributed by atoms with Gasteiger partial charge in [-0.1, -0.05) is 18.7 Å². The summed E-state index contributed by atoms with van der Waals surface area (Å²) in [6.45, 7) is 2.02. The Morgan fingerprint density at radius 1 is 1.80 bits per heavy atom. The van der Waals surface area contributed by atoms with Gasteiger partial charge in [0.15, 0.2) is 5.16 Å². The topological polar surface area (TPSA) is 50.7 Å². The van der Waals surface area contributed by atoms with Crippen molar-refractivity contribution < 1.29 is 0 Å². The number of hydrogen-bond donors (Lipinski definition) is 1. The van der Waals surface area contributed by atoms with Crippen molar-refractivity contribution in [3.05, 3.63) is 10.5 Å². The van der Waals surface area contributed by atoms with Gasteiger partial charge in [-0.2, -0.15) is 4.98 Å². The van der Waals surface area contributed by atoms with Gasteiger partial charge < -0.3 is 0 Å². The first-order valence-electron chi connectivity index (χ1n) is 3.00. The third kappa shape index (κ3) is 1.41. The van der Waals surface area contributed by atoms with Crippen LogP contribution in [0.15, 0.2) is 9.95 Å². The summed E-state index contributed by atoms with van der Waals surface area (Å²) in [5, 5.41) is 3.26. The van der Waals surface area contributed by atoms with Gasteiger partial charge in [-0.15, -0.1) is 0 Å². The summed E-state index contributed by atoms with van der Waals surface area (Å²) in [5.41, 5.74) is -0.279. The van der Waals surface area contributed by atoms with Crippen LogP contribution in [0.1, 0.15) is 6.92 Å². The molecule has 1 aromatic heterocycles. The number of thioether (sulfide) groups is 1. The highest BCUT2D eigenvalue weighted by atomic mass is 32.2. The normalized spacial score (nSPS) is 10.2. The Kier molecular flexibility index (Phi) is 2.16. The van der Waals surface area contributed by atoms with Crippen LogP contribution in [0.2, 0.25) is 0 Å². The minimum atomic E-state index is -0.279. The van der Waals surface area contributed by atoms with Crippen LogP contribution >= 0.6 is 11.8 Å². The summed E-state index contributed by atoms with van der Waals surface area (Å²) in [6.07, 6.45) is 0. The summed E-state index contributed by atoms with van der Waals surface area (Å²) in [6, 6.07) is 0. The molecule has 0 aromatic carbocycles. The molecule has 0 aliphatic heterocycles. The predicted octanol–water partition coefficient (Wildman–Crippen LogP) is 0.220. The summed E-state index contributed by atoms with van der Waals surface area (Å²) in [4.78, 5) is 14.3. The maximum Gasteiger partial charge on any atom is 0.362 e. The number of nitrogens with zero attached hydrogens (tertiary/aromatic N) is 2. The molecule has 1 rings (SSSR count). The lowest BCUT2D eigenvalue weighted by Gasteiger charge is -1.94. The van der Waals surface area contributed by atoms with E-state index >= 15 is 0 Å². The molecule has 4 nitrogen and oxygen atoms in total. The zero-order chi connectivity index (χ0) is 7.56. The standard InChI is InChI=1S/C5H9N3OS/c1-3-10-5-6-4(9)7-8(5)2/h3H2,1-2H3,(H,7,9). The molecule has 0 spiro atoms. The van der Waals surface area contributed by atoms with Crippen molar-refractivity contribution >= 4 is 11.8 Å². The molecule has 1 N–H and O–H groups in total. The van der Waals surface area contributed by atoms with Crippen molar-refractivity contribution in [2.75, 3.05) is 5.75 Å². The number of hydrogen-bond acceptors (Lipinski definition) is 3. The third-order valence-corrected chi connectivity index (χ3v) is 1.93. The van der Waals surface area contributed by atoms with E-state index in [1.54, 1.807) is 23.5 Å². The fourth-order valence-electron chi connectivity index (χ4n) is 0.636. The fraction of sp³-hybridized carbons (Fsp3) is 0.600. The van der Waals surface area contributed by atoms with E-state index in [4.69, 9.17) is 0 Å². The molecule has 5 heteroatoms. The van der Waals surface area contributed by atoms with E-state index in [9.17, 15) is 4.79 Å². The van der Waals surface area contributed by atoms with Crippen LogP contribution in [0.4, 0.5) is 0 Å². The van der Waals surface area contributed by atoms with Gasteiger partial charge >= 0.3 is 5.69 Å². The molecule has 10 heavy (non-hydrogen) atoms. The Labute approximate surface area is 62.6 Å². The van der Waals surface area contributed by atoms with Crippen molar-refractivity contribution in [2.45, 2.75) is 12.1 Å². The lowest BCUT2D eigenvalue weighted by molar-refractivity contribution is 0.682. The molecule has 1 heterocycles. The predicted molar refractivity (Wildman–Crippen MR) is 40.2 cm³/mol. The van der Waals surface area contributed by atoms with Crippen LogP contribution in [0.3, 0.4) is 0 Å². The van der Waals surface area contributed by atoms with Gasteiger partial charge in [-0.3, -0.25) is 4.68 Å². The zero-order valence-corrected chi connectivity index (χ0v) is 6.73. The van der Waals surface area contributed by atoms with Crippen molar-refractivity contribution in [3.63, 3.8) is 0 Å². The van der Waals surface area contributed by atoms with E-state index in [2.05, 4.69) is 10.1 Å². The number of aryl methyl sites for hydroxylation is 1. The molecule has 56 valence electrons. The Morgan fingerprint density at radius 2 is 2.50 bits per heavy atom. The number of rotatable bonds is 2. The molecule has 0 bridgehead atoms. The molecule has 1 aromatic rings. The van der Waals surface area contributed by atoms with Crippen molar-refractivity contribution in [1.29, 1.82) is 0 Å². The van der Waals surface area contributed by atoms with E-state index in [0.717, 1.165) is 10.9 Å². The lowest BCUT2D eigenvalue weighted by Crippen LogP contribution is -2.03. The van der Waals surface area contributed by atoms with E-state index in [-0.39, 0.29) is 5.69 Å². The monoisotopic (exact) mass is 159 g/mol. The average Bonchev–Trinajstić information content (AvgIpc) is 2.13. The maximum absolute atomic E-state index is 10.6. The Bertz CT molecular complexity index is 264. The molecule has 0 radical (unpaired) electrons. The first-order valence-corrected chi connectivity index (χ1v) is 3.98. The summed E-state index contributed by atoms with van der Waals surface area (Å²) in [7, 11) is 1.77. The molecule has 0 unspecified atom stereocenters. The highest BCUT2D eigenvalue weighted by Gasteiger charge is 1.99. The van der Waals surface area contributed by atoms with E-state index in [0.29, 0.717) is 0 Å². The molecular weight excluding hydrogens is 150 g/mol. The molecular formula is C5H9N3OS. The molecule has 0 aliphatic rings.